The summed E-state index contributed by atoms with van der Waals surface area (Å²) < 4.78 is 0. The molecule has 4 heteroatoms. The van der Waals surface area contributed by atoms with Crippen LogP contribution >= 0.6 is 0 Å². The molecule has 0 saturated heterocycles. The van der Waals surface area contributed by atoms with Gasteiger partial charge in [-0.2, -0.15) is 0 Å². The van der Waals surface area contributed by atoms with Crippen LogP contribution in [-0.4, -0.2) is 18.4 Å². The second-order valence-corrected chi connectivity index (χ2v) is 10.7. The van der Waals surface area contributed by atoms with Crippen LogP contribution < -0.4 is 11.1 Å². The van der Waals surface area contributed by atoms with E-state index in [1.54, 1.807) is 0 Å². The third-order valence-corrected chi connectivity index (χ3v) is 6.79. The standard InChI is InChI=1S/C19H37NO.C14H29NO/c1-3-5-7-8-9-10-11-12-13-14-15-17-19(21)20-18-16-6-4-2;1-2-3-4-5-6-7-8-9-10-11-12-13-14(15)16/h8-9H,3-7,10-18H2,1-2H3,(H,20,21);2-13H2,1H3,(H2,15,16)/b9-8-;. The molecule has 0 heterocycles. The molecule has 0 unspecified atom stereocenters. The van der Waals surface area contributed by atoms with Crippen molar-refractivity contribution in [1.82, 2.24) is 5.32 Å². The summed E-state index contributed by atoms with van der Waals surface area (Å²) in [5, 5.41) is 3.00. The van der Waals surface area contributed by atoms with E-state index in [9.17, 15) is 9.59 Å². The van der Waals surface area contributed by atoms with Crippen LogP contribution in [0.4, 0.5) is 0 Å². The van der Waals surface area contributed by atoms with Gasteiger partial charge in [-0.25, -0.2) is 0 Å². The van der Waals surface area contributed by atoms with Crippen LogP contribution in [0.2, 0.25) is 0 Å². The average molecular weight is 523 g/mol. The van der Waals surface area contributed by atoms with Crippen molar-refractivity contribution in [2.24, 2.45) is 5.73 Å². The Morgan fingerprint density at radius 1 is 0.514 bits per heavy atom. The van der Waals surface area contributed by atoms with Crippen molar-refractivity contribution >= 4 is 11.8 Å². The summed E-state index contributed by atoms with van der Waals surface area (Å²) in [6.45, 7) is 7.53. The van der Waals surface area contributed by atoms with Crippen LogP contribution in [0.25, 0.3) is 0 Å². The Morgan fingerprint density at radius 3 is 1.43 bits per heavy atom. The molecule has 0 aromatic rings. The molecule has 0 aromatic carbocycles. The molecule has 0 rings (SSSR count). The van der Waals surface area contributed by atoms with E-state index >= 15 is 0 Å². The summed E-state index contributed by atoms with van der Waals surface area (Å²) in [4.78, 5) is 22.0. The van der Waals surface area contributed by atoms with Crippen molar-refractivity contribution in [3.05, 3.63) is 12.2 Å². The predicted molar refractivity (Wildman–Crippen MR) is 164 cm³/mol. The zero-order chi connectivity index (χ0) is 27.7. The van der Waals surface area contributed by atoms with Crippen LogP contribution in [0, 0.1) is 0 Å². The Labute approximate surface area is 232 Å². The molecule has 0 aliphatic carbocycles. The molecule has 3 N–H and O–H groups in total. The fourth-order valence-corrected chi connectivity index (χ4v) is 4.29. The van der Waals surface area contributed by atoms with Gasteiger partial charge in [0.1, 0.15) is 0 Å². The molecule has 0 bridgehead atoms. The van der Waals surface area contributed by atoms with E-state index in [0.717, 1.165) is 25.8 Å². The topological polar surface area (TPSA) is 72.2 Å². The first kappa shape index (κ1) is 37.8. The van der Waals surface area contributed by atoms with Gasteiger partial charge in [0.05, 0.1) is 0 Å². The number of rotatable bonds is 27. The monoisotopic (exact) mass is 523 g/mol. The second kappa shape index (κ2) is 34.7. The quantitative estimate of drug-likeness (QED) is 0.0832. The van der Waals surface area contributed by atoms with Gasteiger partial charge in [0, 0.05) is 19.4 Å². The number of nitrogens with one attached hydrogen (secondary N) is 1. The number of hydrogen-bond donors (Lipinski definition) is 2. The van der Waals surface area contributed by atoms with E-state index in [1.165, 1.54) is 128 Å². The molecule has 0 saturated carbocycles. The Kier molecular flexibility index (Phi) is 35.5. The van der Waals surface area contributed by atoms with E-state index in [2.05, 4.69) is 38.2 Å². The maximum atomic E-state index is 11.5. The van der Waals surface area contributed by atoms with Crippen molar-refractivity contribution in [2.45, 2.75) is 181 Å². The van der Waals surface area contributed by atoms with Gasteiger partial charge in [-0.15, -0.1) is 0 Å². The van der Waals surface area contributed by atoms with E-state index < -0.39 is 0 Å². The molecule has 220 valence electrons. The highest BCUT2D eigenvalue weighted by Gasteiger charge is 2.00. The normalized spacial score (nSPS) is 10.9. The van der Waals surface area contributed by atoms with Crippen molar-refractivity contribution in [3.63, 3.8) is 0 Å². The minimum Gasteiger partial charge on any atom is -0.370 e. The summed E-state index contributed by atoms with van der Waals surface area (Å²) in [5.41, 5.74) is 5.07. The number of carbonyl (C=O) groups excluding carboxylic acids is 2. The highest BCUT2D eigenvalue weighted by Crippen LogP contribution is 2.12. The van der Waals surface area contributed by atoms with Gasteiger partial charge >= 0.3 is 0 Å². The largest absolute Gasteiger partial charge is 0.370 e. The number of hydrogen-bond acceptors (Lipinski definition) is 2. The lowest BCUT2D eigenvalue weighted by Crippen LogP contribution is -2.23. The summed E-state index contributed by atoms with van der Waals surface area (Å²) in [6.07, 6.45) is 35.1. The first-order valence-corrected chi connectivity index (χ1v) is 16.3. The molecule has 0 aromatic heterocycles. The first-order chi connectivity index (χ1) is 18.1. The first-order valence-electron chi connectivity index (χ1n) is 16.3. The minimum absolute atomic E-state index is 0.157. The maximum Gasteiger partial charge on any atom is 0.219 e. The van der Waals surface area contributed by atoms with Crippen molar-refractivity contribution in [3.8, 4) is 0 Å². The van der Waals surface area contributed by atoms with Crippen molar-refractivity contribution in [2.75, 3.05) is 6.54 Å². The van der Waals surface area contributed by atoms with Crippen LogP contribution in [0.3, 0.4) is 0 Å². The van der Waals surface area contributed by atoms with E-state index in [4.69, 9.17) is 5.73 Å². The number of amides is 2. The third-order valence-electron chi connectivity index (χ3n) is 6.79. The highest BCUT2D eigenvalue weighted by molar-refractivity contribution is 5.75. The van der Waals surface area contributed by atoms with Crippen LogP contribution in [0.5, 0.6) is 0 Å². The molecule has 4 nitrogen and oxygen atoms in total. The van der Waals surface area contributed by atoms with Crippen LogP contribution in [-0.2, 0) is 9.59 Å². The molecule has 37 heavy (non-hydrogen) atoms. The third kappa shape index (κ3) is 39.3. The van der Waals surface area contributed by atoms with Gasteiger partial charge in [-0.3, -0.25) is 9.59 Å². The highest BCUT2D eigenvalue weighted by atomic mass is 16.1. The molecule has 0 spiro atoms. The van der Waals surface area contributed by atoms with Gasteiger partial charge < -0.3 is 11.1 Å². The zero-order valence-electron chi connectivity index (χ0n) is 25.4. The van der Waals surface area contributed by atoms with Gasteiger partial charge in [0.15, 0.2) is 0 Å². The Hall–Kier alpha value is -1.32. The minimum atomic E-state index is -0.157. The van der Waals surface area contributed by atoms with Gasteiger partial charge in [0.25, 0.3) is 0 Å². The molecule has 0 atom stereocenters. The summed E-state index contributed by atoms with van der Waals surface area (Å²) in [6, 6.07) is 0. The van der Waals surface area contributed by atoms with Gasteiger partial charge in [-0.1, -0.05) is 142 Å². The van der Waals surface area contributed by atoms with E-state index in [-0.39, 0.29) is 11.8 Å². The number of unbranched alkanes of at least 4 members (excludes halogenated alkanes) is 19. The number of nitrogens with two attached hydrogens (primary N) is 1. The van der Waals surface area contributed by atoms with Crippen molar-refractivity contribution in [1.29, 1.82) is 0 Å². The summed E-state index contributed by atoms with van der Waals surface area (Å²) in [7, 11) is 0. The average Bonchev–Trinajstić information content (AvgIpc) is 2.88. The number of primary amides is 1. The molecule has 0 aliphatic rings. The number of carbonyl (C=O) groups is 2. The predicted octanol–water partition coefficient (Wildman–Crippen LogP) is 9.94. The summed E-state index contributed by atoms with van der Waals surface area (Å²) in [5.74, 6) is 0.0842. The van der Waals surface area contributed by atoms with Crippen LogP contribution in [0.15, 0.2) is 12.2 Å². The maximum absolute atomic E-state index is 11.5. The smallest absolute Gasteiger partial charge is 0.219 e. The van der Waals surface area contributed by atoms with E-state index in [0.29, 0.717) is 12.8 Å². The fraction of sp³-hybridized carbons (Fsp3) is 0.879. The summed E-state index contributed by atoms with van der Waals surface area (Å²) >= 11 is 0. The molecule has 0 radical (unpaired) electrons. The zero-order valence-corrected chi connectivity index (χ0v) is 25.4. The SMILES string of the molecule is CCCC/C=C\CCCCCCCC(=O)NCCCCC.CCCCCCCCCCCCCC(N)=O. The molecule has 0 fully saturated rings. The van der Waals surface area contributed by atoms with Gasteiger partial charge in [-0.05, 0) is 38.5 Å². The van der Waals surface area contributed by atoms with Crippen LogP contribution in [0.1, 0.15) is 181 Å². The fourth-order valence-electron chi connectivity index (χ4n) is 4.29. The molecule has 0 aliphatic heterocycles. The lowest BCUT2D eigenvalue weighted by Gasteiger charge is -2.04. The lowest BCUT2D eigenvalue weighted by molar-refractivity contribution is -0.121. The Balaban J connectivity index is 0. The Bertz CT molecular complexity index is 491. The molecular formula is C33H66N2O2. The second-order valence-electron chi connectivity index (χ2n) is 10.7. The number of allylic oxidation sites excluding steroid dienone is 2. The van der Waals surface area contributed by atoms with Crippen molar-refractivity contribution < 1.29 is 9.59 Å². The molecule has 2 amide bonds. The van der Waals surface area contributed by atoms with E-state index in [1.807, 2.05) is 0 Å². The molecular weight excluding hydrogens is 456 g/mol. The lowest BCUT2D eigenvalue weighted by atomic mass is 10.1. The van der Waals surface area contributed by atoms with Gasteiger partial charge in [0.2, 0.25) is 11.8 Å². The Morgan fingerprint density at radius 2 is 0.919 bits per heavy atom.